The van der Waals surface area contributed by atoms with E-state index in [1.54, 1.807) is 0 Å². The average Bonchev–Trinajstić information content (AvgIpc) is 3.67. The third-order valence-electron chi connectivity index (χ3n) is 10.5. The number of amides is 2. The summed E-state index contributed by atoms with van der Waals surface area (Å²) in [6, 6.07) is 29.6. The van der Waals surface area contributed by atoms with E-state index in [2.05, 4.69) is 149 Å². The molecule has 2 atom stereocenters. The summed E-state index contributed by atoms with van der Waals surface area (Å²) in [4.78, 5) is 24.8. The molecule has 8 heteroatoms. The van der Waals surface area contributed by atoms with Crippen LogP contribution in [0.3, 0.4) is 0 Å². The Morgan fingerprint density at radius 2 is 0.979 bits per heavy atom. The van der Waals surface area contributed by atoms with Crippen LogP contribution in [0.15, 0.2) is 96.1 Å². The second-order valence-corrected chi connectivity index (χ2v) is 44.4. The van der Waals surface area contributed by atoms with Crippen LogP contribution in [0.1, 0.15) is 68.4 Å². The zero-order valence-electron chi connectivity index (χ0n) is 28.4. The van der Waals surface area contributed by atoms with E-state index < -0.39 is 27.8 Å². The molecule has 2 unspecified atom stereocenters. The van der Waals surface area contributed by atoms with E-state index in [1.165, 1.54) is 11.1 Å². The monoisotopic (exact) mass is 843 g/mol. The Balaban J connectivity index is 1.70. The normalized spacial score (nSPS) is 17.6. The molecule has 2 aliphatic rings. The average molecular weight is 843 g/mol. The van der Waals surface area contributed by atoms with Crippen LogP contribution in [0.25, 0.3) is 34.4 Å². The van der Waals surface area contributed by atoms with Crippen molar-refractivity contribution in [3.8, 4) is 22.3 Å². The van der Waals surface area contributed by atoms with Crippen LogP contribution in [0.4, 0.5) is 0 Å². The standard InChI is InChI=1S/2C19H19.C2H3BN2O2.2ClH.Hf/c2*1-13(2)16-11-15-8-6-10-18(19(15)12-16)17-9-5-4-7-14(17)3;6-1-4-3-5-2-7;;;/h2*4-13H,1-3H3;1-2H,(H-,4,5,6,7);2*1H;/q;;;;;+1/p-1. The van der Waals surface area contributed by atoms with E-state index in [0.717, 1.165) is 55.7 Å². The van der Waals surface area contributed by atoms with Crippen LogP contribution in [-0.2, 0) is 25.5 Å². The van der Waals surface area contributed by atoms with Gasteiger partial charge in [-0.05, 0) is 0 Å². The number of halogens is 2. The molecule has 245 valence electrons. The fourth-order valence-corrected chi connectivity index (χ4v) is 38.4. The number of allylic oxidation sites excluding steroid dienone is 2. The van der Waals surface area contributed by atoms with Crippen molar-refractivity contribution in [2.24, 2.45) is 11.8 Å². The first kappa shape index (κ1) is 34.7. The van der Waals surface area contributed by atoms with Crippen molar-refractivity contribution in [1.29, 1.82) is 0 Å². The first-order valence-electron chi connectivity index (χ1n) is 16.7. The van der Waals surface area contributed by atoms with Crippen molar-refractivity contribution >= 4 is 46.7 Å². The number of carbonyl (C=O) groups excluding carboxylic acids is 2. The molecular weight excluding hydrogens is 801 g/mol. The second kappa shape index (κ2) is 13.3. The SMILES string of the molecule is Cc1ccccc1-c1cccc2c1C=C(C(C)C)[CH]2[Hf]([Cl])([Cl])([B](NC=O)NC=O)[CH]1C(C(C)C)=Cc2c(-c3ccccc3C)cccc21. The molecule has 2 aliphatic carbocycles. The van der Waals surface area contributed by atoms with Crippen LogP contribution in [-0.4, -0.2) is 17.4 Å². The van der Waals surface area contributed by atoms with Gasteiger partial charge in [0.1, 0.15) is 0 Å². The summed E-state index contributed by atoms with van der Waals surface area (Å²) >= 11 is -6.01. The van der Waals surface area contributed by atoms with Crippen molar-refractivity contribution in [2.45, 2.75) is 48.9 Å². The van der Waals surface area contributed by atoms with Crippen LogP contribution in [0.5, 0.6) is 0 Å². The zero-order chi connectivity index (χ0) is 34.4. The van der Waals surface area contributed by atoms with Crippen molar-refractivity contribution < 1.29 is 25.5 Å². The third-order valence-corrected chi connectivity index (χ3v) is 39.0. The topological polar surface area (TPSA) is 58.2 Å². The van der Waals surface area contributed by atoms with Crippen LogP contribution >= 0.6 is 17.2 Å². The van der Waals surface area contributed by atoms with E-state index in [9.17, 15) is 9.59 Å². The molecule has 0 fully saturated rings. The van der Waals surface area contributed by atoms with Gasteiger partial charge in [-0.15, -0.1) is 0 Å². The van der Waals surface area contributed by atoms with Crippen molar-refractivity contribution in [3.63, 3.8) is 0 Å². The number of fused-ring (bicyclic) bond motifs is 2. The van der Waals surface area contributed by atoms with Gasteiger partial charge < -0.3 is 0 Å². The number of rotatable bonds is 11. The van der Waals surface area contributed by atoms with Gasteiger partial charge in [-0.3, -0.25) is 0 Å². The Morgan fingerprint density at radius 3 is 1.33 bits per heavy atom. The molecule has 2 amide bonds. The van der Waals surface area contributed by atoms with Gasteiger partial charge in [0.2, 0.25) is 0 Å². The summed E-state index contributed by atoms with van der Waals surface area (Å²) in [6.07, 6.45) is 5.81. The van der Waals surface area contributed by atoms with Crippen molar-refractivity contribution in [2.75, 3.05) is 0 Å². The summed E-state index contributed by atoms with van der Waals surface area (Å²) in [5.74, 6) is 0.192. The summed E-state index contributed by atoms with van der Waals surface area (Å²) in [6.45, 7) is 13.0. The van der Waals surface area contributed by atoms with Crippen LogP contribution in [0.2, 0.25) is 0 Å². The molecule has 4 aromatic rings. The molecular formula is C40H42BCl2HfN2O2. The molecule has 2 N–H and O–H groups in total. The number of hydrogen-bond acceptors (Lipinski definition) is 2. The summed E-state index contributed by atoms with van der Waals surface area (Å²) in [7, 11) is 17.2. The van der Waals surface area contributed by atoms with E-state index in [1.807, 2.05) is 0 Å². The van der Waals surface area contributed by atoms with Gasteiger partial charge in [-0.25, -0.2) is 0 Å². The Morgan fingerprint density at radius 1 is 0.604 bits per heavy atom. The summed E-state index contributed by atoms with van der Waals surface area (Å²) in [5, 5.41) is 5.93. The molecule has 0 bridgehead atoms. The molecule has 0 aromatic heterocycles. The second-order valence-electron chi connectivity index (χ2n) is 13.9. The Labute approximate surface area is 293 Å². The first-order chi connectivity index (χ1) is 22.9. The van der Waals surface area contributed by atoms with Crippen LogP contribution in [0, 0.1) is 25.7 Å². The Kier molecular flexibility index (Phi) is 9.58. The molecule has 0 saturated carbocycles. The van der Waals surface area contributed by atoms with Gasteiger partial charge in [0.25, 0.3) is 0 Å². The quantitative estimate of drug-likeness (QED) is 0.117. The van der Waals surface area contributed by atoms with E-state index >= 15 is 0 Å². The van der Waals surface area contributed by atoms with Gasteiger partial charge in [0.15, 0.2) is 0 Å². The first-order valence-corrected chi connectivity index (χ1v) is 31.8. The number of aryl methyl sites for hydroxylation is 2. The number of hydrogen-bond donors (Lipinski definition) is 2. The number of benzene rings is 4. The maximum absolute atomic E-state index is 12.4. The minimum atomic E-state index is -6.01. The van der Waals surface area contributed by atoms with Gasteiger partial charge in [-0.2, -0.15) is 0 Å². The predicted octanol–water partition coefficient (Wildman–Crippen LogP) is 10.00. The van der Waals surface area contributed by atoms with Gasteiger partial charge in [0.05, 0.1) is 0 Å². The predicted molar refractivity (Wildman–Crippen MR) is 200 cm³/mol. The molecule has 6 rings (SSSR count). The van der Waals surface area contributed by atoms with E-state index in [0.29, 0.717) is 12.8 Å². The maximum atomic E-state index is 12.4. The molecule has 0 radical (unpaired) electrons. The van der Waals surface area contributed by atoms with Gasteiger partial charge in [-0.1, -0.05) is 0 Å². The summed E-state index contributed by atoms with van der Waals surface area (Å²) < 4.78 is -1.73. The molecule has 4 nitrogen and oxygen atoms in total. The van der Waals surface area contributed by atoms with E-state index in [-0.39, 0.29) is 11.8 Å². The van der Waals surface area contributed by atoms with E-state index in [4.69, 9.17) is 17.2 Å². The van der Waals surface area contributed by atoms with Crippen molar-refractivity contribution in [3.05, 3.63) is 129 Å². The molecule has 48 heavy (non-hydrogen) atoms. The van der Waals surface area contributed by atoms with Crippen LogP contribution < -0.4 is 10.5 Å². The van der Waals surface area contributed by atoms with Crippen molar-refractivity contribution in [1.82, 2.24) is 10.5 Å². The fourth-order valence-electron chi connectivity index (χ4n) is 8.30. The Hall–Kier alpha value is -3.18. The summed E-state index contributed by atoms with van der Waals surface area (Å²) in [5.41, 5.74) is 13.5. The number of nitrogens with one attached hydrogen (secondary N) is 2. The minimum absolute atomic E-state index is 0.0962. The van der Waals surface area contributed by atoms with Gasteiger partial charge in [0, 0.05) is 0 Å². The molecule has 4 aromatic carbocycles. The zero-order valence-corrected chi connectivity index (χ0v) is 33.5. The molecule has 0 spiro atoms. The van der Waals surface area contributed by atoms with Gasteiger partial charge >= 0.3 is 295 Å². The Bertz CT molecular complexity index is 1850. The molecule has 0 heterocycles. The fraction of sp³-hybridized carbons (Fsp3) is 0.250. The molecule has 0 aliphatic heterocycles. The number of carbonyl (C=O) groups is 2. The third kappa shape index (κ3) is 5.49. The molecule has 0 saturated heterocycles.